The molecule has 0 unspecified atom stereocenters. The molecule has 1 aliphatic rings. The summed E-state index contributed by atoms with van der Waals surface area (Å²) < 4.78 is 37.1. The number of alkyl halides is 3. The van der Waals surface area contributed by atoms with Crippen molar-refractivity contribution in [2.24, 2.45) is 5.92 Å². The molecule has 2 rings (SSSR count). The molecule has 25 heavy (non-hydrogen) atoms. The van der Waals surface area contributed by atoms with Crippen LogP contribution in [-0.2, 0) is 16.1 Å². The van der Waals surface area contributed by atoms with Gasteiger partial charge in [0.15, 0.2) is 0 Å². The van der Waals surface area contributed by atoms with E-state index in [-0.39, 0.29) is 18.1 Å². The molecule has 0 radical (unpaired) electrons. The fraction of sp³-hybridized carbons (Fsp3) is 0.444. The number of hydrogen-bond donors (Lipinski definition) is 2. The van der Waals surface area contributed by atoms with E-state index in [0.717, 1.165) is 12.8 Å². The lowest BCUT2D eigenvalue weighted by atomic mass is 9.89. The summed E-state index contributed by atoms with van der Waals surface area (Å²) in [7, 11) is 0. The van der Waals surface area contributed by atoms with Gasteiger partial charge in [-0.2, -0.15) is 13.2 Å². The quantitative estimate of drug-likeness (QED) is 0.787. The first-order valence-electron chi connectivity index (χ1n) is 8.28. The summed E-state index contributed by atoms with van der Waals surface area (Å²) >= 11 is 0. The zero-order chi connectivity index (χ0) is 18.3. The Morgan fingerprint density at radius 1 is 1.12 bits per heavy atom. The second kappa shape index (κ2) is 8.69. The fourth-order valence-corrected chi connectivity index (χ4v) is 2.78. The van der Waals surface area contributed by atoms with Crippen molar-refractivity contribution in [3.63, 3.8) is 0 Å². The topological polar surface area (TPSA) is 58.2 Å². The summed E-state index contributed by atoms with van der Waals surface area (Å²) in [5.74, 6) is -1.93. The maximum Gasteiger partial charge on any atom is 0.471 e. The van der Waals surface area contributed by atoms with Crippen LogP contribution >= 0.6 is 0 Å². The average Bonchev–Trinajstić information content (AvgIpc) is 2.59. The molecule has 1 saturated carbocycles. The van der Waals surface area contributed by atoms with Crippen LogP contribution in [0.5, 0.6) is 0 Å². The largest absolute Gasteiger partial charge is 0.471 e. The van der Waals surface area contributed by atoms with Gasteiger partial charge in [0.25, 0.3) is 0 Å². The Labute approximate surface area is 144 Å². The highest BCUT2D eigenvalue weighted by Crippen LogP contribution is 2.24. The van der Waals surface area contributed by atoms with Crippen LogP contribution in [0.25, 0.3) is 0 Å². The first kappa shape index (κ1) is 19.0. The van der Waals surface area contributed by atoms with Crippen molar-refractivity contribution in [3.05, 3.63) is 42.0 Å². The van der Waals surface area contributed by atoms with Crippen molar-refractivity contribution in [2.45, 2.75) is 44.8 Å². The molecule has 1 fully saturated rings. The van der Waals surface area contributed by atoms with Gasteiger partial charge in [0.05, 0.1) is 0 Å². The van der Waals surface area contributed by atoms with E-state index in [1.54, 1.807) is 12.1 Å². The number of amides is 2. The summed E-state index contributed by atoms with van der Waals surface area (Å²) in [6.07, 6.45) is 4.15. The van der Waals surface area contributed by atoms with Crippen molar-refractivity contribution in [2.75, 3.05) is 5.32 Å². The van der Waals surface area contributed by atoms with Crippen LogP contribution < -0.4 is 10.6 Å². The molecular weight excluding hydrogens is 333 g/mol. The third kappa shape index (κ3) is 6.25. The summed E-state index contributed by atoms with van der Waals surface area (Å²) in [4.78, 5) is 23.0. The number of benzene rings is 1. The molecule has 7 heteroatoms. The SMILES string of the molecule is O=C(/C=C/C1CCCCC1)NCc1ccccc1NC(=O)C(F)(F)F. The van der Waals surface area contributed by atoms with Gasteiger partial charge >= 0.3 is 12.1 Å². The van der Waals surface area contributed by atoms with Crippen LogP contribution in [-0.4, -0.2) is 18.0 Å². The van der Waals surface area contributed by atoms with E-state index in [0.29, 0.717) is 11.5 Å². The zero-order valence-electron chi connectivity index (χ0n) is 13.7. The van der Waals surface area contributed by atoms with E-state index in [9.17, 15) is 22.8 Å². The van der Waals surface area contributed by atoms with Crippen LogP contribution in [0, 0.1) is 5.92 Å². The second-order valence-electron chi connectivity index (χ2n) is 6.08. The van der Waals surface area contributed by atoms with Gasteiger partial charge in [-0.05, 0) is 36.5 Å². The second-order valence-corrected chi connectivity index (χ2v) is 6.08. The van der Waals surface area contributed by atoms with E-state index in [4.69, 9.17) is 0 Å². The van der Waals surface area contributed by atoms with Gasteiger partial charge in [0.1, 0.15) is 0 Å². The summed E-state index contributed by atoms with van der Waals surface area (Å²) in [6, 6.07) is 6.06. The van der Waals surface area contributed by atoms with Crippen molar-refractivity contribution < 1.29 is 22.8 Å². The van der Waals surface area contributed by atoms with E-state index in [1.807, 2.05) is 11.4 Å². The smallest absolute Gasteiger partial charge is 0.348 e. The minimum Gasteiger partial charge on any atom is -0.348 e. The highest BCUT2D eigenvalue weighted by atomic mass is 19.4. The molecule has 0 aromatic heterocycles. The van der Waals surface area contributed by atoms with Crippen LogP contribution in [0.15, 0.2) is 36.4 Å². The molecule has 136 valence electrons. The first-order valence-corrected chi connectivity index (χ1v) is 8.28. The Balaban J connectivity index is 1.90. The third-order valence-corrected chi connectivity index (χ3v) is 4.15. The molecule has 0 saturated heterocycles. The highest BCUT2D eigenvalue weighted by molar-refractivity contribution is 5.95. The molecule has 2 amide bonds. The van der Waals surface area contributed by atoms with Crippen molar-refractivity contribution in [1.82, 2.24) is 5.32 Å². The highest BCUT2D eigenvalue weighted by Gasteiger charge is 2.38. The predicted octanol–water partition coefficient (Wildman–Crippen LogP) is 3.94. The van der Waals surface area contributed by atoms with Crippen LogP contribution in [0.1, 0.15) is 37.7 Å². The molecule has 0 heterocycles. The summed E-state index contributed by atoms with van der Waals surface area (Å²) in [6.45, 7) is 0.0299. The number of carbonyl (C=O) groups excluding carboxylic acids is 2. The molecule has 1 aromatic carbocycles. The zero-order valence-corrected chi connectivity index (χ0v) is 13.7. The third-order valence-electron chi connectivity index (χ3n) is 4.15. The summed E-state index contributed by atoms with van der Waals surface area (Å²) in [5, 5.41) is 4.46. The number of allylic oxidation sites excluding steroid dienone is 1. The lowest BCUT2D eigenvalue weighted by molar-refractivity contribution is -0.167. The van der Waals surface area contributed by atoms with E-state index in [2.05, 4.69) is 5.32 Å². The number of rotatable bonds is 5. The monoisotopic (exact) mass is 354 g/mol. The Morgan fingerprint density at radius 2 is 1.80 bits per heavy atom. The summed E-state index contributed by atoms with van der Waals surface area (Å²) in [5.41, 5.74) is 0.431. The average molecular weight is 354 g/mol. The van der Waals surface area contributed by atoms with Crippen molar-refractivity contribution >= 4 is 17.5 Å². The molecule has 1 aromatic rings. The molecule has 4 nitrogen and oxygen atoms in total. The maximum atomic E-state index is 12.4. The van der Waals surface area contributed by atoms with Gasteiger partial charge in [-0.1, -0.05) is 43.5 Å². The van der Waals surface area contributed by atoms with E-state index < -0.39 is 12.1 Å². The van der Waals surface area contributed by atoms with Crippen molar-refractivity contribution in [3.8, 4) is 0 Å². The number of hydrogen-bond acceptors (Lipinski definition) is 2. The molecule has 0 spiro atoms. The van der Waals surface area contributed by atoms with Gasteiger partial charge < -0.3 is 10.6 Å². The first-order chi connectivity index (χ1) is 11.9. The minimum atomic E-state index is -4.96. The number of anilines is 1. The van der Waals surface area contributed by atoms with Crippen molar-refractivity contribution in [1.29, 1.82) is 0 Å². The predicted molar refractivity (Wildman–Crippen MR) is 88.7 cm³/mol. The molecule has 0 bridgehead atoms. The Bertz CT molecular complexity index is 635. The normalized spacial score (nSPS) is 16.0. The van der Waals surface area contributed by atoms with Gasteiger partial charge in [-0.15, -0.1) is 0 Å². The molecular formula is C18H21F3N2O2. The Kier molecular flexibility index (Phi) is 6.61. The van der Waals surface area contributed by atoms with Gasteiger partial charge in [0, 0.05) is 12.2 Å². The van der Waals surface area contributed by atoms with Crippen LogP contribution in [0.4, 0.5) is 18.9 Å². The fourth-order valence-electron chi connectivity index (χ4n) is 2.78. The molecule has 0 aliphatic heterocycles. The molecule has 1 aliphatic carbocycles. The van der Waals surface area contributed by atoms with Gasteiger partial charge in [-0.3, -0.25) is 9.59 Å². The van der Waals surface area contributed by atoms with Gasteiger partial charge in [-0.25, -0.2) is 0 Å². The Morgan fingerprint density at radius 3 is 2.48 bits per heavy atom. The molecule has 0 atom stereocenters. The number of para-hydroxylation sites is 1. The maximum absolute atomic E-state index is 12.4. The molecule has 2 N–H and O–H groups in total. The Hall–Kier alpha value is -2.31. The number of halogens is 3. The standard InChI is InChI=1S/C18H21F3N2O2/c19-18(20,21)17(25)23-15-9-5-4-8-14(15)12-22-16(24)11-10-13-6-2-1-3-7-13/h4-5,8-11,13H,1-3,6-7,12H2,(H,22,24)(H,23,25)/b11-10+. The van der Waals surface area contributed by atoms with Gasteiger partial charge in [0.2, 0.25) is 5.91 Å². The minimum absolute atomic E-state index is 0.0291. The van der Waals surface area contributed by atoms with Crippen LogP contribution in [0.3, 0.4) is 0 Å². The lowest BCUT2D eigenvalue weighted by Crippen LogP contribution is -2.30. The van der Waals surface area contributed by atoms with E-state index >= 15 is 0 Å². The van der Waals surface area contributed by atoms with E-state index in [1.165, 1.54) is 37.5 Å². The van der Waals surface area contributed by atoms with Crippen LogP contribution in [0.2, 0.25) is 0 Å². The lowest BCUT2D eigenvalue weighted by Gasteiger charge is -2.17. The number of nitrogens with one attached hydrogen (secondary N) is 2. The number of carbonyl (C=O) groups is 2.